The van der Waals surface area contributed by atoms with Gasteiger partial charge in [0.2, 0.25) is 5.91 Å². The molecule has 2 aromatic rings. The Morgan fingerprint density at radius 1 is 1.16 bits per heavy atom. The lowest BCUT2D eigenvalue weighted by Gasteiger charge is -2.28. The van der Waals surface area contributed by atoms with E-state index < -0.39 is 5.41 Å². The van der Waals surface area contributed by atoms with Gasteiger partial charge in [0.25, 0.3) is 5.91 Å². The van der Waals surface area contributed by atoms with Crippen LogP contribution in [0.4, 0.5) is 17.1 Å². The molecular formula is C25H33N3O3. The van der Waals surface area contributed by atoms with Crippen LogP contribution in [0.2, 0.25) is 0 Å². The van der Waals surface area contributed by atoms with Crippen LogP contribution in [0.3, 0.4) is 0 Å². The monoisotopic (exact) mass is 423 g/mol. The summed E-state index contributed by atoms with van der Waals surface area (Å²) in [4.78, 5) is 29.6. The fourth-order valence-electron chi connectivity index (χ4n) is 3.45. The molecule has 1 N–H and O–H groups in total. The molecule has 0 atom stereocenters. The maximum absolute atomic E-state index is 13.1. The summed E-state index contributed by atoms with van der Waals surface area (Å²) in [6, 6.07) is 12.9. The largest absolute Gasteiger partial charge is 0.490 e. The van der Waals surface area contributed by atoms with E-state index in [1.165, 1.54) is 0 Å². The number of ether oxygens (including phenoxy) is 1. The summed E-state index contributed by atoms with van der Waals surface area (Å²) in [5, 5.41) is 2.94. The topological polar surface area (TPSA) is 61.9 Å². The minimum atomic E-state index is -0.617. The summed E-state index contributed by atoms with van der Waals surface area (Å²) in [5.41, 5.74) is 2.38. The number of nitrogens with zero attached hydrogens (tertiary/aromatic N) is 2. The van der Waals surface area contributed by atoms with E-state index in [4.69, 9.17) is 4.74 Å². The molecule has 3 rings (SSSR count). The number of hydrogen-bond donors (Lipinski definition) is 1. The predicted octanol–water partition coefficient (Wildman–Crippen LogP) is 4.80. The van der Waals surface area contributed by atoms with E-state index >= 15 is 0 Å². The number of carbonyl (C=O) groups is 2. The van der Waals surface area contributed by atoms with Crippen molar-refractivity contribution in [3.8, 4) is 5.75 Å². The average Bonchev–Trinajstić information content (AvgIpc) is 2.81. The summed E-state index contributed by atoms with van der Waals surface area (Å²) >= 11 is 0. The standard InChI is InChI=1S/C25H33N3O3/c1-17(2)13-14-28-21-12-9-19(15-22(21)31-16-25(3,4)24(28)30)26-23(29)18-7-10-20(11-8-18)27(5)6/h7-12,15,17H,13-14,16H2,1-6H3,(H,26,29). The van der Waals surface area contributed by atoms with Crippen molar-refractivity contribution in [3.05, 3.63) is 48.0 Å². The van der Waals surface area contributed by atoms with Crippen LogP contribution in [0.1, 0.15) is 44.5 Å². The average molecular weight is 424 g/mol. The van der Waals surface area contributed by atoms with Crippen LogP contribution in [0, 0.1) is 11.3 Å². The molecule has 1 aliphatic rings. The van der Waals surface area contributed by atoms with Crippen molar-refractivity contribution in [2.24, 2.45) is 11.3 Å². The molecule has 0 saturated carbocycles. The summed E-state index contributed by atoms with van der Waals surface area (Å²) < 4.78 is 6.02. The second-order valence-electron chi connectivity index (χ2n) is 9.39. The summed E-state index contributed by atoms with van der Waals surface area (Å²) in [6.45, 7) is 9.04. The normalized spacial score (nSPS) is 15.2. The third kappa shape index (κ3) is 5.19. The molecule has 0 unspecified atom stereocenters. The van der Waals surface area contributed by atoms with Gasteiger partial charge in [-0.2, -0.15) is 0 Å². The third-order valence-electron chi connectivity index (χ3n) is 5.50. The molecule has 0 saturated heterocycles. The number of fused-ring (bicyclic) bond motifs is 1. The Kier molecular flexibility index (Phi) is 6.58. The van der Waals surface area contributed by atoms with Crippen molar-refractivity contribution in [3.63, 3.8) is 0 Å². The van der Waals surface area contributed by atoms with Crippen molar-refractivity contribution in [2.75, 3.05) is 42.4 Å². The zero-order chi connectivity index (χ0) is 22.8. The molecule has 0 fully saturated rings. The van der Waals surface area contributed by atoms with Crippen molar-refractivity contribution in [1.29, 1.82) is 0 Å². The van der Waals surface area contributed by atoms with Crippen LogP contribution in [-0.2, 0) is 4.79 Å². The first-order chi connectivity index (χ1) is 14.6. The van der Waals surface area contributed by atoms with Gasteiger partial charge in [0.1, 0.15) is 12.4 Å². The number of nitrogens with one attached hydrogen (secondary N) is 1. The highest BCUT2D eigenvalue weighted by Crippen LogP contribution is 2.38. The van der Waals surface area contributed by atoms with Gasteiger partial charge in [-0.25, -0.2) is 0 Å². The van der Waals surface area contributed by atoms with Crippen LogP contribution in [-0.4, -0.2) is 39.1 Å². The smallest absolute Gasteiger partial charge is 0.255 e. The fourth-order valence-corrected chi connectivity index (χ4v) is 3.45. The number of anilines is 3. The number of amides is 2. The lowest BCUT2D eigenvalue weighted by atomic mass is 9.92. The molecule has 0 aromatic heterocycles. The first-order valence-electron chi connectivity index (χ1n) is 10.8. The highest BCUT2D eigenvalue weighted by atomic mass is 16.5. The SMILES string of the molecule is CC(C)CCN1C(=O)C(C)(C)COc2cc(NC(=O)c3ccc(N(C)C)cc3)ccc21. The second-order valence-corrected chi connectivity index (χ2v) is 9.39. The number of hydrogen-bond acceptors (Lipinski definition) is 4. The van der Waals surface area contributed by atoms with E-state index in [1.807, 2.05) is 62.0 Å². The number of rotatable bonds is 6. The Hall–Kier alpha value is -3.02. The van der Waals surface area contributed by atoms with Gasteiger partial charge in [0, 0.05) is 43.6 Å². The van der Waals surface area contributed by atoms with Gasteiger partial charge in [0.15, 0.2) is 0 Å². The zero-order valence-corrected chi connectivity index (χ0v) is 19.4. The highest BCUT2D eigenvalue weighted by molar-refractivity contribution is 6.05. The third-order valence-corrected chi connectivity index (χ3v) is 5.50. The Labute approximate surface area is 185 Å². The van der Waals surface area contributed by atoms with Crippen LogP contribution >= 0.6 is 0 Å². The van der Waals surface area contributed by atoms with Crippen LogP contribution in [0.5, 0.6) is 5.75 Å². The van der Waals surface area contributed by atoms with E-state index in [0.29, 0.717) is 36.1 Å². The molecule has 1 aliphatic heterocycles. The summed E-state index contributed by atoms with van der Waals surface area (Å²) in [6.07, 6.45) is 0.905. The van der Waals surface area contributed by atoms with Crippen LogP contribution < -0.4 is 19.9 Å². The van der Waals surface area contributed by atoms with E-state index in [1.54, 1.807) is 18.2 Å². The Morgan fingerprint density at radius 2 is 1.84 bits per heavy atom. The lowest BCUT2D eigenvalue weighted by Crippen LogP contribution is -2.42. The zero-order valence-electron chi connectivity index (χ0n) is 19.4. The van der Waals surface area contributed by atoms with Crippen molar-refractivity contribution < 1.29 is 14.3 Å². The fraction of sp³-hybridized carbons (Fsp3) is 0.440. The van der Waals surface area contributed by atoms with Gasteiger partial charge in [-0.05, 0) is 62.6 Å². The Bertz CT molecular complexity index is 949. The second kappa shape index (κ2) is 9.00. The minimum absolute atomic E-state index is 0.0599. The molecule has 2 amide bonds. The molecule has 1 heterocycles. The predicted molar refractivity (Wildman–Crippen MR) is 126 cm³/mol. The van der Waals surface area contributed by atoms with Crippen LogP contribution in [0.25, 0.3) is 0 Å². The summed E-state index contributed by atoms with van der Waals surface area (Å²) in [7, 11) is 3.92. The molecule has 2 aromatic carbocycles. The Morgan fingerprint density at radius 3 is 2.45 bits per heavy atom. The maximum atomic E-state index is 13.1. The summed E-state index contributed by atoms with van der Waals surface area (Å²) in [5.74, 6) is 0.973. The van der Waals surface area contributed by atoms with E-state index in [0.717, 1.165) is 17.8 Å². The van der Waals surface area contributed by atoms with Crippen molar-refractivity contribution >= 4 is 28.9 Å². The molecule has 0 bridgehead atoms. The van der Waals surface area contributed by atoms with Gasteiger partial charge in [-0.15, -0.1) is 0 Å². The van der Waals surface area contributed by atoms with Crippen molar-refractivity contribution in [2.45, 2.75) is 34.1 Å². The van der Waals surface area contributed by atoms with Crippen molar-refractivity contribution in [1.82, 2.24) is 0 Å². The Balaban J connectivity index is 1.83. The van der Waals surface area contributed by atoms with Gasteiger partial charge >= 0.3 is 0 Å². The van der Waals surface area contributed by atoms with Gasteiger partial charge < -0.3 is 19.9 Å². The van der Waals surface area contributed by atoms with E-state index in [2.05, 4.69) is 19.2 Å². The molecule has 6 heteroatoms. The van der Waals surface area contributed by atoms with E-state index in [9.17, 15) is 9.59 Å². The van der Waals surface area contributed by atoms with Gasteiger partial charge in [-0.3, -0.25) is 9.59 Å². The number of carbonyl (C=O) groups excluding carboxylic acids is 2. The molecule has 31 heavy (non-hydrogen) atoms. The van der Waals surface area contributed by atoms with Gasteiger partial charge in [0.05, 0.1) is 11.1 Å². The van der Waals surface area contributed by atoms with Gasteiger partial charge in [-0.1, -0.05) is 13.8 Å². The molecule has 6 nitrogen and oxygen atoms in total. The molecule has 0 aliphatic carbocycles. The molecule has 166 valence electrons. The first-order valence-corrected chi connectivity index (χ1v) is 10.8. The molecule has 0 radical (unpaired) electrons. The maximum Gasteiger partial charge on any atom is 0.255 e. The molecular weight excluding hydrogens is 390 g/mol. The molecule has 0 spiro atoms. The minimum Gasteiger partial charge on any atom is -0.490 e. The lowest BCUT2D eigenvalue weighted by molar-refractivity contribution is -0.127. The highest BCUT2D eigenvalue weighted by Gasteiger charge is 2.37. The number of benzene rings is 2. The quantitative estimate of drug-likeness (QED) is 0.725. The van der Waals surface area contributed by atoms with E-state index in [-0.39, 0.29) is 11.8 Å². The first kappa shape index (κ1) is 22.7. The van der Waals surface area contributed by atoms with Crippen LogP contribution in [0.15, 0.2) is 42.5 Å².